The van der Waals surface area contributed by atoms with Crippen LogP contribution in [0.25, 0.3) is 44.2 Å². The highest BCUT2D eigenvalue weighted by Crippen LogP contribution is 2.50. The molecule has 0 saturated heterocycles. The number of fused-ring (bicyclic) bond motifs is 6. The first kappa shape index (κ1) is 17.1. The standard InChI is InChI=1S/C27H19BrO/c1-27(2)22-11-4-3-7-18(22)19-14-13-16(15-23(19)27)17-8-5-9-20-21-10-6-12-24(28)26(21)29-25(17)20/h3-15H,1-2H3. The van der Waals surface area contributed by atoms with Crippen molar-refractivity contribution in [1.82, 2.24) is 0 Å². The molecule has 29 heavy (non-hydrogen) atoms. The van der Waals surface area contributed by atoms with E-state index in [0.29, 0.717) is 0 Å². The molecule has 1 nitrogen and oxygen atoms in total. The van der Waals surface area contributed by atoms with Crippen molar-refractivity contribution in [1.29, 1.82) is 0 Å². The van der Waals surface area contributed by atoms with Crippen LogP contribution in [-0.2, 0) is 5.41 Å². The highest BCUT2D eigenvalue weighted by Gasteiger charge is 2.35. The van der Waals surface area contributed by atoms with E-state index in [-0.39, 0.29) is 5.41 Å². The van der Waals surface area contributed by atoms with E-state index in [1.54, 1.807) is 0 Å². The van der Waals surface area contributed by atoms with E-state index in [9.17, 15) is 0 Å². The summed E-state index contributed by atoms with van der Waals surface area (Å²) in [5.74, 6) is 0. The molecule has 140 valence electrons. The zero-order chi connectivity index (χ0) is 19.8. The Morgan fingerprint density at radius 1 is 0.655 bits per heavy atom. The minimum absolute atomic E-state index is 0.00720. The highest BCUT2D eigenvalue weighted by atomic mass is 79.9. The Bertz CT molecular complexity index is 1440. The summed E-state index contributed by atoms with van der Waals surface area (Å²) in [5, 5.41) is 2.30. The Labute approximate surface area is 178 Å². The van der Waals surface area contributed by atoms with Crippen molar-refractivity contribution in [3.8, 4) is 22.3 Å². The van der Waals surface area contributed by atoms with Gasteiger partial charge in [0.25, 0.3) is 0 Å². The van der Waals surface area contributed by atoms with Gasteiger partial charge in [-0.05, 0) is 55.9 Å². The van der Waals surface area contributed by atoms with Crippen LogP contribution in [0.1, 0.15) is 25.0 Å². The Balaban J connectivity index is 1.62. The van der Waals surface area contributed by atoms with Crippen LogP contribution in [0.3, 0.4) is 0 Å². The molecule has 0 radical (unpaired) electrons. The maximum Gasteiger partial charge on any atom is 0.149 e. The van der Waals surface area contributed by atoms with Crippen LogP contribution in [0.2, 0.25) is 0 Å². The Kier molecular flexibility index (Phi) is 3.43. The minimum Gasteiger partial charge on any atom is -0.454 e. The molecule has 4 aromatic carbocycles. The number of halogens is 1. The molecule has 1 aliphatic rings. The maximum atomic E-state index is 6.36. The van der Waals surface area contributed by atoms with Crippen molar-refractivity contribution in [2.75, 3.05) is 0 Å². The maximum absolute atomic E-state index is 6.36. The summed E-state index contributed by atoms with van der Waals surface area (Å²) in [7, 11) is 0. The van der Waals surface area contributed by atoms with Gasteiger partial charge in [0.1, 0.15) is 11.2 Å². The van der Waals surface area contributed by atoms with E-state index in [1.807, 2.05) is 6.07 Å². The van der Waals surface area contributed by atoms with Gasteiger partial charge in [0.15, 0.2) is 0 Å². The molecule has 2 heteroatoms. The number of para-hydroxylation sites is 2. The van der Waals surface area contributed by atoms with Gasteiger partial charge < -0.3 is 4.42 Å². The van der Waals surface area contributed by atoms with E-state index >= 15 is 0 Å². The van der Waals surface area contributed by atoms with Crippen LogP contribution in [0.4, 0.5) is 0 Å². The first-order chi connectivity index (χ1) is 14.1. The fraction of sp³-hybridized carbons (Fsp3) is 0.111. The first-order valence-electron chi connectivity index (χ1n) is 9.90. The minimum atomic E-state index is -0.00720. The van der Waals surface area contributed by atoms with E-state index in [0.717, 1.165) is 32.0 Å². The summed E-state index contributed by atoms with van der Waals surface area (Å²) in [6.07, 6.45) is 0. The van der Waals surface area contributed by atoms with Crippen LogP contribution < -0.4 is 0 Å². The molecule has 0 unspecified atom stereocenters. The lowest BCUT2D eigenvalue weighted by Crippen LogP contribution is -2.14. The average Bonchev–Trinajstić information content (AvgIpc) is 3.23. The molecule has 0 N–H and O–H groups in total. The summed E-state index contributed by atoms with van der Waals surface area (Å²) in [5.41, 5.74) is 9.66. The lowest BCUT2D eigenvalue weighted by molar-refractivity contribution is 0.660. The van der Waals surface area contributed by atoms with Crippen molar-refractivity contribution in [3.05, 3.63) is 94.5 Å². The molecule has 0 fully saturated rings. The number of rotatable bonds is 1. The lowest BCUT2D eigenvalue weighted by atomic mass is 9.81. The highest BCUT2D eigenvalue weighted by molar-refractivity contribution is 9.10. The van der Waals surface area contributed by atoms with Gasteiger partial charge in [-0.25, -0.2) is 0 Å². The zero-order valence-electron chi connectivity index (χ0n) is 16.3. The van der Waals surface area contributed by atoms with Crippen molar-refractivity contribution in [2.24, 2.45) is 0 Å². The zero-order valence-corrected chi connectivity index (χ0v) is 17.9. The van der Waals surface area contributed by atoms with Crippen LogP contribution in [0.15, 0.2) is 87.8 Å². The molecule has 1 aliphatic carbocycles. The van der Waals surface area contributed by atoms with Crippen molar-refractivity contribution in [2.45, 2.75) is 19.3 Å². The Hall–Kier alpha value is -2.84. The molecule has 0 amide bonds. The summed E-state index contributed by atoms with van der Waals surface area (Å²) < 4.78 is 7.34. The molecule has 6 rings (SSSR count). The first-order valence-corrected chi connectivity index (χ1v) is 10.7. The summed E-state index contributed by atoms with van der Waals surface area (Å²) in [6, 6.07) is 28.3. The van der Waals surface area contributed by atoms with Crippen molar-refractivity contribution in [3.63, 3.8) is 0 Å². The molecule has 1 heterocycles. The number of hydrogen-bond acceptors (Lipinski definition) is 1. The fourth-order valence-electron chi connectivity index (χ4n) is 4.88. The topological polar surface area (TPSA) is 13.1 Å². The molecule has 0 saturated carbocycles. The Morgan fingerprint density at radius 2 is 1.34 bits per heavy atom. The van der Waals surface area contributed by atoms with E-state index in [4.69, 9.17) is 4.42 Å². The molecule has 1 aromatic heterocycles. The van der Waals surface area contributed by atoms with Gasteiger partial charge in [0.05, 0.1) is 4.47 Å². The molecular weight excluding hydrogens is 420 g/mol. The van der Waals surface area contributed by atoms with Crippen LogP contribution in [0, 0.1) is 0 Å². The molecule has 5 aromatic rings. The van der Waals surface area contributed by atoms with Gasteiger partial charge in [0.2, 0.25) is 0 Å². The third-order valence-electron chi connectivity index (χ3n) is 6.37. The molecule has 0 atom stereocenters. The predicted octanol–water partition coefficient (Wildman–Crippen LogP) is 8.32. The van der Waals surface area contributed by atoms with E-state index in [2.05, 4.69) is 103 Å². The van der Waals surface area contributed by atoms with Gasteiger partial charge >= 0.3 is 0 Å². The predicted molar refractivity (Wildman–Crippen MR) is 124 cm³/mol. The molecule has 0 aliphatic heterocycles. The SMILES string of the molecule is CC1(C)c2ccccc2-c2ccc(-c3cccc4c3oc3c(Br)cccc34)cc21. The van der Waals surface area contributed by atoms with Crippen LogP contribution >= 0.6 is 15.9 Å². The normalized spacial score (nSPS) is 14.3. The van der Waals surface area contributed by atoms with Crippen molar-refractivity contribution >= 4 is 37.9 Å². The number of hydrogen-bond donors (Lipinski definition) is 0. The van der Waals surface area contributed by atoms with E-state index in [1.165, 1.54) is 27.8 Å². The van der Waals surface area contributed by atoms with Crippen LogP contribution in [-0.4, -0.2) is 0 Å². The lowest BCUT2D eigenvalue weighted by Gasteiger charge is -2.22. The smallest absolute Gasteiger partial charge is 0.149 e. The second-order valence-corrected chi connectivity index (χ2v) is 9.19. The summed E-state index contributed by atoms with van der Waals surface area (Å²) >= 11 is 3.63. The number of furan rings is 1. The van der Waals surface area contributed by atoms with Gasteiger partial charge in [-0.3, -0.25) is 0 Å². The summed E-state index contributed by atoms with van der Waals surface area (Å²) in [6.45, 7) is 4.64. The van der Waals surface area contributed by atoms with Gasteiger partial charge in [0, 0.05) is 21.8 Å². The third kappa shape index (κ3) is 2.27. The second kappa shape index (κ2) is 5.84. The largest absolute Gasteiger partial charge is 0.454 e. The third-order valence-corrected chi connectivity index (χ3v) is 7.00. The second-order valence-electron chi connectivity index (χ2n) is 8.33. The monoisotopic (exact) mass is 438 g/mol. The molecule has 0 spiro atoms. The quantitative estimate of drug-likeness (QED) is 0.256. The molecule has 0 bridgehead atoms. The van der Waals surface area contributed by atoms with Gasteiger partial charge in [-0.1, -0.05) is 80.6 Å². The van der Waals surface area contributed by atoms with Gasteiger partial charge in [-0.2, -0.15) is 0 Å². The average molecular weight is 439 g/mol. The fourth-order valence-corrected chi connectivity index (χ4v) is 5.33. The number of benzene rings is 4. The van der Waals surface area contributed by atoms with Crippen molar-refractivity contribution < 1.29 is 4.42 Å². The van der Waals surface area contributed by atoms with Crippen LogP contribution in [0.5, 0.6) is 0 Å². The summed E-state index contributed by atoms with van der Waals surface area (Å²) in [4.78, 5) is 0. The van der Waals surface area contributed by atoms with E-state index < -0.39 is 0 Å². The molecular formula is C27H19BrO. The Morgan fingerprint density at radius 3 is 2.21 bits per heavy atom. The van der Waals surface area contributed by atoms with Gasteiger partial charge in [-0.15, -0.1) is 0 Å².